The Morgan fingerprint density at radius 1 is 1.00 bits per heavy atom. The van der Waals surface area contributed by atoms with Gasteiger partial charge < -0.3 is 5.21 Å². The van der Waals surface area contributed by atoms with Gasteiger partial charge in [0, 0.05) is 17.5 Å². The van der Waals surface area contributed by atoms with E-state index in [1.165, 1.54) is 0 Å². The molecule has 0 atom stereocenters. The van der Waals surface area contributed by atoms with Crippen LogP contribution in [0.25, 0.3) is 28.3 Å². The Kier molecular flexibility index (Phi) is 3.93. The zero-order valence-corrected chi connectivity index (χ0v) is 14.5. The van der Waals surface area contributed by atoms with Crippen molar-refractivity contribution in [3.63, 3.8) is 0 Å². The molecule has 1 N–H and O–H groups in total. The van der Waals surface area contributed by atoms with Crippen LogP contribution in [0.4, 0.5) is 0 Å². The van der Waals surface area contributed by atoms with E-state index in [1.54, 1.807) is 6.92 Å². The summed E-state index contributed by atoms with van der Waals surface area (Å²) in [5.41, 5.74) is 5.60. The van der Waals surface area contributed by atoms with Crippen LogP contribution in [0.15, 0.2) is 66.1 Å². The molecule has 0 aliphatic heterocycles. The monoisotopic (exact) mass is 343 g/mol. The van der Waals surface area contributed by atoms with Crippen LogP contribution in [0.5, 0.6) is 0 Å². The number of hydrogen-bond donors (Lipinski definition) is 1. The number of hydrogen-bond acceptors (Lipinski definition) is 5. The molecular weight excluding hydrogens is 326 g/mol. The van der Waals surface area contributed by atoms with Crippen molar-refractivity contribution in [3.05, 3.63) is 72.3 Å². The van der Waals surface area contributed by atoms with E-state index in [9.17, 15) is 0 Å². The number of rotatable bonds is 3. The van der Waals surface area contributed by atoms with Crippen LogP contribution in [0.3, 0.4) is 0 Å². The average molecular weight is 343 g/mol. The minimum atomic E-state index is 0.472. The molecule has 0 aromatic carbocycles. The van der Waals surface area contributed by atoms with E-state index in [4.69, 9.17) is 5.21 Å². The molecule has 26 heavy (non-hydrogen) atoms. The molecule has 0 fully saturated rings. The summed E-state index contributed by atoms with van der Waals surface area (Å²) in [4.78, 5) is 13.7. The van der Waals surface area contributed by atoms with Gasteiger partial charge in [0.2, 0.25) is 0 Å². The maximum Gasteiger partial charge on any atom is 0.163 e. The fourth-order valence-electron chi connectivity index (χ4n) is 2.85. The summed E-state index contributed by atoms with van der Waals surface area (Å²) < 4.78 is 2.01. The van der Waals surface area contributed by atoms with Crippen molar-refractivity contribution in [2.45, 2.75) is 13.8 Å². The quantitative estimate of drug-likeness (QED) is 0.347. The second-order valence-corrected chi connectivity index (χ2v) is 6.05. The molecule has 0 bridgehead atoms. The molecule has 0 aliphatic carbocycles. The molecule has 6 heteroatoms. The maximum atomic E-state index is 8.98. The third kappa shape index (κ3) is 2.82. The van der Waals surface area contributed by atoms with Gasteiger partial charge in [-0.25, -0.2) is 15.0 Å². The standard InChI is InChI=1S/C20H17N5O/c1-13-5-3-8-19(22-13)20-21-11-16-10-9-15(12-25(16)20)18-7-4-6-17(23-18)14(2)24-26/h3-12,26H,1-2H3/b24-14-. The Morgan fingerprint density at radius 3 is 2.62 bits per heavy atom. The van der Waals surface area contributed by atoms with Crippen molar-refractivity contribution in [3.8, 4) is 22.8 Å². The first-order chi connectivity index (χ1) is 12.7. The van der Waals surface area contributed by atoms with E-state index >= 15 is 0 Å². The van der Waals surface area contributed by atoms with Crippen LogP contribution in [0, 0.1) is 6.92 Å². The second-order valence-electron chi connectivity index (χ2n) is 6.05. The second kappa shape index (κ2) is 6.40. The normalized spacial score (nSPS) is 11.8. The summed E-state index contributed by atoms with van der Waals surface area (Å²) in [5, 5.41) is 12.2. The topological polar surface area (TPSA) is 75.7 Å². The predicted molar refractivity (Wildman–Crippen MR) is 100 cm³/mol. The molecule has 0 spiro atoms. The van der Waals surface area contributed by atoms with E-state index < -0.39 is 0 Å². The molecule has 4 aromatic rings. The molecule has 0 amide bonds. The molecule has 0 unspecified atom stereocenters. The first kappa shape index (κ1) is 16.0. The van der Waals surface area contributed by atoms with Gasteiger partial charge >= 0.3 is 0 Å². The van der Waals surface area contributed by atoms with Gasteiger partial charge in [-0.05, 0) is 50.2 Å². The maximum absolute atomic E-state index is 8.98. The SMILES string of the molecule is C/C(=N/O)c1cccc(-c2ccc3cnc(-c4cccc(C)n4)n3c2)n1. The van der Waals surface area contributed by atoms with Crippen LogP contribution in [-0.2, 0) is 0 Å². The lowest BCUT2D eigenvalue weighted by Crippen LogP contribution is -2.00. The van der Waals surface area contributed by atoms with Gasteiger partial charge in [-0.2, -0.15) is 0 Å². The molecule has 128 valence electrons. The van der Waals surface area contributed by atoms with E-state index in [-0.39, 0.29) is 0 Å². The summed E-state index contributed by atoms with van der Waals surface area (Å²) >= 11 is 0. The fraction of sp³-hybridized carbons (Fsp3) is 0.100. The van der Waals surface area contributed by atoms with Crippen LogP contribution in [0.2, 0.25) is 0 Å². The Morgan fingerprint density at radius 2 is 1.81 bits per heavy atom. The molecule has 4 heterocycles. The first-order valence-electron chi connectivity index (χ1n) is 8.23. The number of pyridine rings is 3. The number of aryl methyl sites for hydroxylation is 1. The molecule has 0 saturated carbocycles. The average Bonchev–Trinajstić information content (AvgIpc) is 3.10. The summed E-state index contributed by atoms with van der Waals surface area (Å²) in [7, 11) is 0. The van der Waals surface area contributed by atoms with Crippen LogP contribution in [0.1, 0.15) is 18.3 Å². The summed E-state index contributed by atoms with van der Waals surface area (Å²) in [6, 6.07) is 15.5. The molecule has 0 radical (unpaired) electrons. The molecule has 6 nitrogen and oxygen atoms in total. The van der Waals surface area contributed by atoms with Crippen LogP contribution >= 0.6 is 0 Å². The number of fused-ring (bicyclic) bond motifs is 1. The van der Waals surface area contributed by atoms with Crippen molar-refractivity contribution in [2.75, 3.05) is 0 Å². The van der Waals surface area contributed by atoms with E-state index in [2.05, 4.69) is 20.1 Å². The predicted octanol–water partition coefficient (Wildman–Crippen LogP) is 3.96. The van der Waals surface area contributed by atoms with Gasteiger partial charge in [0.15, 0.2) is 5.82 Å². The molecular formula is C20H17N5O. The van der Waals surface area contributed by atoms with Gasteiger partial charge in [-0.15, -0.1) is 0 Å². The number of nitrogens with zero attached hydrogens (tertiary/aromatic N) is 5. The lowest BCUT2D eigenvalue weighted by molar-refractivity contribution is 0.319. The zero-order chi connectivity index (χ0) is 18.1. The van der Waals surface area contributed by atoms with Gasteiger partial charge in [-0.3, -0.25) is 4.40 Å². The van der Waals surface area contributed by atoms with Gasteiger partial charge in [-0.1, -0.05) is 17.3 Å². The molecule has 4 aromatic heterocycles. The van der Waals surface area contributed by atoms with E-state index in [0.29, 0.717) is 11.4 Å². The van der Waals surface area contributed by atoms with E-state index in [0.717, 1.165) is 34.0 Å². The highest BCUT2D eigenvalue weighted by molar-refractivity contribution is 5.96. The van der Waals surface area contributed by atoms with Crippen LogP contribution in [-0.4, -0.2) is 30.3 Å². The van der Waals surface area contributed by atoms with Gasteiger partial charge in [0.25, 0.3) is 0 Å². The Balaban J connectivity index is 1.85. The molecule has 4 rings (SSSR count). The minimum absolute atomic E-state index is 0.472. The highest BCUT2D eigenvalue weighted by Gasteiger charge is 2.10. The Hall–Kier alpha value is -3.54. The largest absolute Gasteiger partial charge is 0.411 e. The fourth-order valence-corrected chi connectivity index (χ4v) is 2.85. The summed E-state index contributed by atoms with van der Waals surface area (Å²) in [6.45, 7) is 3.68. The van der Waals surface area contributed by atoms with Gasteiger partial charge in [0.05, 0.1) is 23.1 Å². The number of oxime groups is 1. The number of imidazole rings is 1. The van der Waals surface area contributed by atoms with Crippen molar-refractivity contribution in [1.82, 2.24) is 19.4 Å². The molecule has 0 aliphatic rings. The number of aromatic nitrogens is 4. The van der Waals surface area contributed by atoms with Crippen molar-refractivity contribution in [1.29, 1.82) is 0 Å². The first-order valence-corrected chi connectivity index (χ1v) is 8.23. The lowest BCUT2D eigenvalue weighted by Gasteiger charge is -2.07. The molecule has 0 saturated heterocycles. The zero-order valence-electron chi connectivity index (χ0n) is 14.5. The van der Waals surface area contributed by atoms with Crippen molar-refractivity contribution >= 4 is 11.2 Å². The minimum Gasteiger partial charge on any atom is -0.411 e. The third-order valence-corrected chi connectivity index (χ3v) is 4.21. The lowest BCUT2D eigenvalue weighted by atomic mass is 10.1. The van der Waals surface area contributed by atoms with Crippen molar-refractivity contribution < 1.29 is 5.21 Å². The Bertz CT molecular complexity index is 1130. The third-order valence-electron chi connectivity index (χ3n) is 4.21. The summed E-state index contributed by atoms with van der Waals surface area (Å²) in [6.07, 6.45) is 3.83. The van der Waals surface area contributed by atoms with Gasteiger partial charge in [0.1, 0.15) is 11.4 Å². The Labute approximate surface area is 150 Å². The summed E-state index contributed by atoms with van der Waals surface area (Å²) in [5.74, 6) is 0.787. The smallest absolute Gasteiger partial charge is 0.163 e. The highest BCUT2D eigenvalue weighted by atomic mass is 16.4. The van der Waals surface area contributed by atoms with Crippen LogP contribution < -0.4 is 0 Å². The highest BCUT2D eigenvalue weighted by Crippen LogP contribution is 2.23. The van der Waals surface area contributed by atoms with Crippen molar-refractivity contribution in [2.24, 2.45) is 5.16 Å². The van der Waals surface area contributed by atoms with E-state index in [1.807, 2.05) is 72.2 Å².